The predicted molar refractivity (Wildman–Crippen MR) is 313 cm³/mol. The summed E-state index contributed by atoms with van der Waals surface area (Å²) in [6.07, 6.45) is -11.9. The lowest BCUT2D eigenvalue weighted by Gasteiger charge is -2.67. The molecule has 4 aromatic rings. The molecule has 4 aromatic carbocycles. The van der Waals surface area contributed by atoms with Gasteiger partial charge in [-0.05, 0) is 114 Å². The van der Waals surface area contributed by atoms with Gasteiger partial charge in [0.2, 0.25) is 5.91 Å². The van der Waals surface area contributed by atoms with Gasteiger partial charge in [-0.15, -0.1) is 0 Å². The Bertz CT molecular complexity index is 3240. The van der Waals surface area contributed by atoms with E-state index in [-0.39, 0.29) is 58.9 Å². The third kappa shape index (κ3) is 13.0. The minimum absolute atomic E-state index is 0.0161. The molecule has 0 radical (unpaired) electrons. The van der Waals surface area contributed by atoms with Crippen LogP contribution >= 0.6 is 0 Å². The molecule has 460 valence electrons. The molecule has 2 saturated carbocycles. The van der Waals surface area contributed by atoms with Gasteiger partial charge < -0.3 is 53.8 Å². The van der Waals surface area contributed by atoms with Crippen LogP contribution in [0.15, 0.2) is 132 Å². The van der Waals surface area contributed by atoms with Crippen molar-refractivity contribution in [2.75, 3.05) is 25.6 Å². The van der Waals surface area contributed by atoms with Crippen molar-refractivity contribution < 1.29 is 82.0 Å². The fourth-order valence-electron chi connectivity index (χ4n) is 12.4. The zero-order valence-electron chi connectivity index (χ0n) is 50.3. The minimum Gasteiger partial charge on any atom is -0.456 e. The summed E-state index contributed by atoms with van der Waals surface area (Å²) in [5, 5.41) is 48.3. The molecule has 1 unspecified atom stereocenters. The van der Waals surface area contributed by atoms with Crippen LogP contribution in [-0.4, -0.2) is 142 Å². The molecule has 21 heteroatoms. The molecule has 6 N–H and O–H groups in total. The number of aliphatic hydroxyl groups excluding tert-OH is 2. The van der Waals surface area contributed by atoms with Crippen molar-refractivity contribution in [3.05, 3.63) is 149 Å². The van der Waals surface area contributed by atoms with Crippen molar-refractivity contribution in [2.45, 2.75) is 160 Å². The first kappa shape index (κ1) is 64.3. The van der Waals surface area contributed by atoms with Crippen LogP contribution in [0.4, 0.5) is 10.5 Å². The Labute approximate surface area is 500 Å². The number of carbonyl (C=O) groups excluding carboxylic acids is 7. The molecule has 1 saturated heterocycles. The summed E-state index contributed by atoms with van der Waals surface area (Å²) in [4.78, 5) is 100. The molecule has 0 aromatic heterocycles. The number of benzene rings is 4. The quantitative estimate of drug-likeness (QED) is 0.0167. The number of rotatable bonds is 20. The number of nitrogens with zero attached hydrogens (tertiary/aromatic N) is 1. The molecule has 1 heterocycles. The van der Waals surface area contributed by atoms with E-state index in [0.717, 1.165) is 6.92 Å². The summed E-state index contributed by atoms with van der Waals surface area (Å²) in [7, 11) is 1.63. The number of fused-ring (bicyclic) bond motifs is 5. The van der Waals surface area contributed by atoms with Gasteiger partial charge in [0.25, 0.3) is 5.91 Å². The number of anilines is 1. The standard InChI is InChI=1S/C65H78N4O17/c1-37-45(83-58(77)51(73)50(41-21-15-12-16-22-41)67-56(75)42-23-17-13-18-24-42)34-65(79)55(85-57(76)43-25-19-14-20-26-43)53-63(10,46(71)33-47-64(53,36-81-47)86-39(3)70)54(74)52(49(37)62(65,8)9)84-59(78)66-44-29-27-40(28-30-44)38(2)68-69-48(72)35-61(6,7)82-32-31-60(4,5)80-11/h12-30,45-47,50-53,55,71,73,79H,31-36H2,1-11H3,(H,66,78)(H,67,75)(H,69,72)/b68-38-/t45-,46-,47?,50-,51+,52+,53-,55-,63+,64-,65+/m0/s1. The highest BCUT2D eigenvalue weighted by molar-refractivity contribution is 6.00. The lowest BCUT2D eigenvalue weighted by Crippen LogP contribution is -2.82. The number of hydrogen-bond acceptors (Lipinski definition) is 18. The molecule has 4 aliphatic rings. The molecular weight excluding hydrogens is 1110 g/mol. The third-order valence-corrected chi connectivity index (χ3v) is 17.7. The Balaban J connectivity index is 1.16. The second-order valence-electron chi connectivity index (χ2n) is 24.6. The molecule has 3 amide bonds. The first-order valence-corrected chi connectivity index (χ1v) is 28.6. The van der Waals surface area contributed by atoms with Crippen LogP contribution in [0.5, 0.6) is 0 Å². The summed E-state index contributed by atoms with van der Waals surface area (Å²) in [6, 6.07) is 29.0. The van der Waals surface area contributed by atoms with Gasteiger partial charge in [0.05, 0.1) is 65.6 Å². The largest absolute Gasteiger partial charge is 0.456 e. The van der Waals surface area contributed by atoms with Crippen LogP contribution < -0.4 is 16.1 Å². The molecule has 21 nitrogen and oxygen atoms in total. The molecule has 1 aliphatic heterocycles. The van der Waals surface area contributed by atoms with Gasteiger partial charge in [0, 0.05) is 43.5 Å². The molecule has 2 bridgehead atoms. The number of ether oxygens (including phenoxy) is 7. The summed E-state index contributed by atoms with van der Waals surface area (Å²) in [5.74, 6) is -6.72. The maximum Gasteiger partial charge on any atom is 0.412 e. The number of hydrogen-bond donors (Lipinski definition) is 6. The highest BCUT2D eigenvalue weighted by Crippen LogP contribution is 2.64. The Morgan fingerprint density at radius 1 is 0.802 bits per heavy atom. The number of carbonyl (C=O) groups is 7. The highest BCUT2D eigenvalue weighted by Gasteiger charge is 2.78. The monoisotopic (exact) mass is 1190 g/mol. The van der Waals surface area contributed by atoms with E-state index < -0.39 is 118 Å². The van der Waals surface area contributed by atoms with E-state index >= 15 is 4.79 Å². The van der Waals surface area contributed by atoms with E-state index in [9.17, 15) is 44.1 Å². The number of amides is 3. The number of methoxy groups -OCH3 is 1. The van der Waals surface area contributed by atoms with Crippen LogP contribution in [0.2, 0.25) is 0 Å². The number of aliphatic hydroxyl groups is 3. The third-order valence-electron chi connectivity index (χ3n) is 17.7. The molecule has 3 aliphatic carbocycles. The van der Waals surface area contributed by atoms with Crippen LogP contribution in [0.25, 0.3) is 0 Å². The Morgan fingerprint density at radius 2 is 1.41 bits per heavy atom. The Kier molecular flexibility index (Phi) is 19.0. The first-order valence-electron chi connectivity index (χ1n) is 28.6. The normalized spacial score (nSPS) is 26.8. The van der Waals surface area contributed by atoms with Gasteiger partial charge in [0.1, 0.15) is 23.9 Å². The fraction of sp³-hybridized carbons (Fsp3) is 0.477. The van der Waals surface area contributed by atoms with Crippen molar-refractivity contribution in [2.24, 2.45) is 21.8 Å². The number of hydrazone groups is 1. The maximum atomic E-state index is 16.3. The molecule has 3 fully saturated rings. The second kappa shape index (κ2) is 25.4. The number of nitrogens with one attached hydrogen (secondary N) is 3. The fourth-order valence-corrected chi connectivity index (χ4v) is 12.4. The van der Waals surface area contributed by atoms with Gasteiger partial charge in [-0.3, -0.25) is 24.5 Å². The van der Waals surface area contributed by atoms with Crippen molar-refractivity contribution >= 4 is 53.0 Å². The lowest BCUT2D eigenvalue weighted by atomic mass is 9.44. The van der Waals surface area contributed by atoms with Gasteiger partial charge >= 0.3 is 24.0 Å². The summed E-state index contributed by atoms with van der Waals surface area (Å²) >= 11 is 0. The van der Waals surface area contributed by atoms with Crippen LogP contribution in [0, 0.1) is 16.7 Å². The topological polar surface area (TPSA) is 293 Å². The second-order valence-corrected chi connectivity index (χ2v) is 24.6. The number of esters is 3. The molecule has 11 atom stereocenters. The molecule has 86 heavy (non-hydrogen) atoms. The van der Waals surface area contributed by atoms with Crippen molar-refractivity contribution in [1.82, 2.24) is 10.7 Å². The van der Waals surface area contributed by atoms with Crippen molar-refractivity contribution in [3.63, 3.8) is 0 Å². The molecular formula is C65H78N4O17. The minimum atomic E-state index is -2.52. The van der Waals surface area contributed by atoms with Gasteiger partial charge in [-0.2, -0.15) is 5.10 Å². The summed E-state index contributed by atoms with van der Waals surface area (Å²) < 4.78 is 42.7. The average molecular weight is 1190 g/mol. The zero-order chi connectivity index (χ0) is 62.7. The predicted octanol–water partition coefficient (Wildman–Crippen LogP) is 7.26. The van der Waals surface area contributed by atoms with Crippen LogP contribution in [-0.2, 0) is 52.3 Å². The van der Waals surface area contributed by atoms with Crippen molar-refractivity contribution in [1.29, 1.82) is 0 Å². The Morgan fingerprint density at radius 3 is 1.99 bits per heavy atom. The molecule has 0 spiro atoms. The van der Waals surface area contributed by atoms with E-state index in [0.29, 0.717) is 29.9 Å². The summed E-state index contributed by atoms with van der Waals surface area (Å²) in [6.45, 7) is 16.3. The van der Waals surface area contributed by atoms with Gasteiger partial charge in [0.15, 0.2) is 23.6 Å². The lowest BCUT2D eigenvalue weighted by molar-refractivity contribution is -0.345. The zero-order valence-corrected chi connectivity index (χ0v) is 50.3. The van der Waals surface area contributed by atoms with E-state index in [2.05, 4.69) is 21.2 Å². The van der Waals surface area contributed by atoms with Crippen LogP contribution in [0.1, 0.15) is 133 Å². The summed E-state index contributed by atoms with van der Waals surface area (Å²) in [5.41, 5.74) is -5.29. The first-order chi connectivity index (χ1) is 40.5. The number of Topliss-reactive ketones (excluding diaryl/α,β-unsaturated/α-hetero) is 1. The van der Waals surface area contributed by atoms with E-state index in [1.165, 1.54) is 52.0 Å². The highest BCUT2D eigenvalue weighted by atomic mass is 16.6. The van der Waals surface area contributed by atoms with E-state index in [1.54, 1.807) is 119 Å². The van der Waals surface area contributed by atoms with E-state index in [1.807, 2.05) is 13.8 Å². The van der Waals surface area contributed by atoms with Crippen molar-refractivity contribution in [3.8, 4) is 0 Å². The SMILES string of the molecule is COC(C)(C)CCOC(C)(C)CC(=O)N/N=C(/C)c1ccc(NC(=O)O[C@H]2C(=O)[C@]3(C)[C@@H](O)CC4OC[C@@]4(OC(C)=O)[C@H]3[C@H](OC(=O)c3ccccc3)[C@]3(O)C[C@H](OC(=O)[C@H](O)[C@@H](NC(=O)c4ccccc4)c4ccccc4)C(C)=C2C3(C)C)cc1. The average Bonchev–Trinajstić information content (AvgIpc) is 0.672. The van der Waals surface area contributed by atoms with E-state index in [4.69, 9.17) is 33.2 Å². The Hall–Kier alpha value is -7.66. The number of ketones is 1. The van der Waals surface area contributed by atoms with Gasteiger partial charge in [-0.1, -0.05) is 92.7 Å². The molecule has 8 rings (SSSR count). The maximum absolute atomic E-state index is 16.3. The van der Waals surface area contributed by atoms with Crippen LogP contribution in [0.3, 0.4) is 0 Å². The smallest absolute Gasteiger partial charge is 0.412 e. The van der Waals surface area contributed by atoms with Gasteiger partial charge in [-0.25, -0.2) is 19.8 Å².